The number of benzene rings is 1. The molecule has 1 atom stereocenters. The summed E-state index contributed by atoms with van der Waals surface area (Å²) in [5, 5.41) is 11.4. The van der Waals surface area contributed by atoms with Crippen molar-refractivity contribution in [1.29, 1.82) is 0 Å². The first-order valence-electron chi connectivity index (χ1n) is 6.27. The van der Waals surface area contributed by atoms with Crippen LogP contribution in [0, 0.1) is 5.21 Å². The number of nitrogens with two attached hydrogens (primary N) is 1. The lowest BCUT2D eigenvalue weighted by atomic mass is 10.1. The average molecular weight is 249 g/mol. The van der Waals surface area contributed by atoms with Crippen LogP contribution in [0.3, 0.4) is 0 Å². The molecule has 0 bridgehead atoms. The minimum Gasteiger partial charge on any atom is -0.634 e. The molecule has 1 fully saturated rings. The Morgan fingerprint density at radius 2 is 1.94 bits per heavy atom. The van der Waals surface area contributed by atoms with Gasteiger partial charge in [-0.1, -0.05) is 30.3 Å². The van der Waals surface area contributed by atoms with E-state index in [1.54, 1.807) is 4.90 Å². The van der Waals surface area contributed by atoms with Crippen LogP contribution in [0.4, 0.5) is 0 Å². The summed E-state index contributed by atoms with van der Waals surface area (Å²) in [5.41, 5.74) is 7.00. The molecule has 1 amide bonds. The number of nitrogens with one attached hydrogen (secondary N) is 1. The predicted octanol–water partition coefficient (Wildman–Crippen LogP) is -1.22. The Balaban J connectivity index is 1.89. The number of hydrogen-bond acceptors (Lipinski definition) is 3. The zero-order chi connectivity index (χ0) is 13.0. The van der Waals surface area contributed by atoms with Gasteiger partial charge >= 0.3 is 0 Å². The highest BCUT2D eigenvalue weighted by atomic mass is 16.5. The third kappa shape index (κ3) is 3.29. The molecule has 0 aromatic heterocycles. The molecule has 98 valence electrons. The Hall–Kier alpha value is -1.43. The second-order valence-corrected chi connectivity index (χ2v) is 4.66. The Labute approximate surface area is 107 Å². The molecule has 5 nitrogen and oxygen atoms in total. The predicted molar refractivity (Wildman–Crippen MR) is 68.8 cm³/mol. The molecule has 0 unspecified atom stereocenters. The lowest BCUT2D eigenvalue weighted by Crippen LogP contribution is -3.10. The third-order valence-corrected chi connectivity index (χ3v) is 3.25. The largest absolute Gasteiger partial charge is 0.634 e. The molecule has 2 rings (SSSR count). The summed E-state index contributed by atoms with van der Waals surface area (Å²) in [5.74, 6) is -0.0497. The molecule has 1 saturated heterocycles. The minimum absolute atomic E-state index is 0.0497. The Kier molecular flexibility index (Phi) is 4.30. The lowest BCUT2D eigenvalue weighted by molar-refractivity contribution is -0.852. The van der Waals surface area contributed by atoms with Gasteiger partial charge in [-0.15, -0.1) is 0 Å². The molecule has 5 heteroatoms. The van der Waals surface area contributed by atoms with Gasteiger partial charge in [-0.2, -0.15) is 0 Å². The number of piperazine rings is 1. The quantitative estimate of drug-likeness (QED) is 0.660. The van der Waals surface area contributed by atoms with E-state index in [0.717, 1.165) is 5.56 Å². The third-order valence-electron chi connectivity index (χ3n) is 3.25. The highest BCUT2D eigenvalue weighted by Gasteiger charge is 2.24. The van der Waals surface area contributed by atoms with Gasteiger partial charge in [-0.05, 0) is 12.0 Å². The van der Waals surface area contributed by atoms with Crippen molar-refractivity contribution in [2.24, 2.45) is 5.73 Å². The fraction of sp³-hybridized carbons (Fsp3) is 0.462. The molecule has 1 heterocycles. The molecule has 1 aromatic carbocycles. The van der Waals surface area contributed by atoms with Crippen LogP contribution in [0.25, 0.3) is 0 Å². The van der Waals surface area contributed by atoms with E-state index in [1.807, 2.05) is 30.3 Å². The van der Waals surface area contributed by atoms with E-state index in [2.05, 4.69) is 0 Å². The topological polar surface area (TPSA) is 73.8 Å². The van der Waals surface area contributed by atoms with Crippen LogP contribution < -0.4 is 10.8 Å². The summed E-state index contributed by atoms with van der Waals surface area (Å²) in [4.78, 5) is 13.8. The first kappa shape index (κ1) is 13.0. The van der Waals surface area contributed by atoms with Crippen LogP contribution in [0.1, 0.15) is 5.56 Å². The average Bonchev–Trinajstić information content (AvgIpc) is 2.40. The summed E-state index contributed by atoms with van der Waals surface area (Å²) < 4.78 is 0. The lowest BCUT2D eigenvalue weighted by Gasteiger charge is -2.35. The zero-order valence-electron chi connectivity index (χ0n) is 10.3. The maximum atomic E-state index is 12.1. The van der Waals surface area contributed by atoms with Crippen LogP contribution in [0.5, 0.6) is 0 Å². The van der Waals surface area contributed by atoms with Crippen molar-refractivity contribution in [2.45, 2.75) is 12.5 Å². The number of nitrogens with zero attached hydrogens (tertiary/aromatic N) is 1. The number of carbonyl (C=O) groups excluding carboxylic acids is 1. The van der Waals surface area contributed by atoms with Crippen LogP contribution in [0.15, 0.2) is 30.3 Å². The van der Waals surface area contributed by atoms with E-state index in [-0.39, 0.29) is 11.0 Å². The van der Waals surface area contributed by atoms with Gasteiger partial charge in [-0.3, -0.25) is 4.79 Å². The molecular formula is C13H19N3O2. The van der Waals surface area contributed by atoms with E-state index >= 15 is 0 Å². The van der Waals surface area contributed by atoms with Gasteiger partial charge in [0.25, 0.3) is 0 Å². The van der Waals surface area contributed by atoms with Crippen molar-refractivity contribution < 1.29 is 9.86 Å². The maximum absolute atomic E-state index is 12.1. The summed E-state index contributed by atoms with van der Waals surface area (Å²) in [6.07, 6.45) is 0.546. The normalized spacial score (nSPS) is 18.7. The summed E-state index contributed by atoms with van der Waals surface area (Å²) in [6.45, 7) is 1.95. The molecular weight excluding hydrogens is 230 g/mol. The van der Waals surface area contributed by atoms with Crippen molar-refractivity contribution in [3.8, 4) is 0 Å². The van der Waals surface area contributed by atoms with Gasteiger partial charge in [0, 0.05) is 0 Å². The summed E-state index contributed by atoms with van der Waals surface area (Å²) >= 11 is 0. The first-order valence-corrected chi connectivity index (χ1v) is 6.27. The summed E-state index contributed by atoms with van der Waals surface area (Å²) in [6, 6.07) is 9.23. The smallest absolute Gasteiger partial charge is 0.240 e. The highest BCUT2D eigenvalue weighted by Crippen LogP contribution is 2.04. The van der Waals surface area contributed by atoms with Gasteiger partial charge < -0.3 is 20.9 Å². The first-order chi connectivity index (χ1) is 8.66. The second-order valence-electron chi connectivity index (χ2n) is 4.66. The fourth-order valence-corrected chi connectivity index (χ4v) is 2.17. The Morgan fingerprint density at radius 3 is 2.56 bits per heavy atom. The zero-order valence-corrected chi connectivity index (χ0v) is 10.3. The monoisotopic (exact) mass is 249 g/mol. The van der Waals surface area contributed by atoms with E-state index in [4.69, 9.17) is 5.73 Å². The van der Waals surface area contributed by atoms with E-state index in [9.17, 15) is 10.0 Å². The fourth-order valence-electron chi connectivity index (χ4n) is 2.17. The van der Waals surface area contributed by atoms with Gasteiger partial charge in [0.1, 0.15) is 0 Å². The van der Waals surface area contributed by atoms with Crippen molar-refractivity contribution in [3.63, 3.8) is 0 Å². The van der Waals surface area contributed by atoms with Crippen molar-refractivity contribution >= 4 is 5.91 Å². The van der Waals surface area contributed by atoms with Crippen molar-refractivity contribution in [1.82, 2.24) is 4.90 Å². The molecule has 3 N–H and O–H groups in total. The number of rotatable bonds is 3. The SMILES string of the molecule is N[C@@H](Cc1ccccc1)C(=O)N1CC[NH+]([O-])CC1. The standard InChI is InChI=1S/C13H19N3O2/c14-12(10-11-4-2-1-3-5-11)13(17)15-6-8-16(18)9-7-15/h1-5,12,16H,6-10,14H2/t12-/m0/s1. The van der Waals surface area contributed by atoms with E-state index < -0.39 is 6.04 Å². The second kappa shape index (κ2) is 5.95. The minimum atomic E-state index is -0.513. The molecule has 1 aliphatic heterocycles. The van der Waals surface area contributed by atoms with Gasteiger partial charge in [0.2, 0.25) is 5.91 Å². The number of quaternary nitrogens is 1. The van der Waals surface area contributed by atoms with Crippen LogP contribution >= 0.6 is 0 Å². The van der Waals surface area contributed by atoms with Crippen LogP contribution in [-0.4, -0.2) is 43.0 Å². The van der Waals surface area contributed by atoms with Gasteiger partial charge in [-0.25, -0.2) is 0 Å². The van der Waals surface area contributed by atoms with Gasteiger partial charge in [0.05, 0.1) is 32.2 Å². The molecule has 0 radical (unpaired) electrons. The number of hydroxylamine groups is 2. The van der Waals surface area contributed by atoms with Crippen LogP contribution in [0.2, 0.25) is 0 Å². The summed E-state index contributed by atoms with van der Waals surface area (Å²) in [7, 11) is 0. The molecule has 1 aliphatic rings. The van der Waals surface area contributed by atoms with Gasteiger partial charge in [0.15, 0.2) is 0 Å². The number of amides is 1. The van der Waals surface area contributed by atoms with E-state index in [1.165, 1.54) is 0 Å². The molecule has 1 aromatic rings. The van der Waals surface area contributed by atoms with Crippen molar-refractivity contribution in [3.05, 3.63) is 41.1 Å². The Bertz CT molecular complexity index is 388. The Morgan fingerprint density at radius 1 is 1.33 bits per heavy atom. The maximum Gasteiger partial charge on any atom is 0.240 e. The van der Waals surface area contributed by atoms with Crippen molar-refractivity contribution in [2.75, 3.05) is 26.2 Å². The molecule has 0 spiro atoms. The highest BCUT2D eigenvalue weighted by molar-refractivity contribution is 5.82. The van der Waals surface area contributed by atoms with Crippen LogP contribution in [-0.2, 0) is 11.2 Å². The van der Waals surface area contributed by atoms with E-state index in [0.29, 0.717) is 32.6 Å². The molecule has 0 aliphatic carbocycles. The number of carbonyl (C=O) groups is 1. The molecule has 0 saturated carbocycles. The number of hydrogen-bond donors (Lipinski definition) is 2. The molecule has 18 heavy (non-hydrogen) atoms.